The summed E-state index contributed by atoms with van der Waals surface area (Å²) >= 11 is 0. The molecule has 100 valence electrons. The van der Waals surface area contributed by atoms with Crippen molar-refractivity contribution in [3.63, 3.8) is 0 Å². The van der Waals surface area contributed by atoms with Crippen LogP contribution >= 0.6 is 0 Å². The van der Waals surface area contributed by atoms with Crippen molar-refractivity contribution in [2.75, 3.05) is 20.1 Å². The monoisotopic (exact) mass is 242 g/mol. The highest BCUT2D eigenvalue weighted by Gasteiger charge is 2.38. The van der Waals surface area contributed by atoms with Crippen LogP contribution in [0.4, 0.5) is 4.79 Å². The van der Waals surface area contributed by atoms with Gasteiger partial charge in [0.25, 0.3) is 0 Å². The largest absolute Gasteiger partial charge is 0.444 e. The molecule has 1 aliphatic rings. The molecule has 0 radical (unpaired) electrons. The van der Waals surface area contributed by atoms with Gasteiger partial charge in [-0.3, -0.25) is 0 Å². The molecule has 4 heteroatoms. The minimum Gasteiger partial charge on any atom is -0.444 e. The summed E-state index contributed by atoms with van der Waals surface area (Å²) in [6.07, 6.45) is 0.750. The van der Waals surface area contributed by atoms with E-state index in [2.05, 4.69) is 19.2 Å². The smallest absolute Gasteiger partial charge is 0.410 e. The zero-order chi connectivity index (χ0) is 13.3. The van der Waals surface area contributed by atoms with Crippen molar-refractivity contribution in [3.8, 4) is 0 Å². The van der Waals surface area contributed by atoms with Crippen molar-refractivity contribution in [1.82, 2.24) is 10.2 Å². The average molecular weight is 242 g/mol. The Bertz CT molecular complexity index is 282. The summed E-state index contributed by atoms with van der Waals surface area (Å²) in [6, 6.07) is 0.235. The Hall–Kier alpha value is -0.770. The number of rotatable bonds is 1. The van der Waals surface area contributed by atoms with E-state index in [0.29, 0.717) is 0 Å². The summed E-state index contributed by atoms with van der Waals surface area (Å²) in [6.45, 7) is 12.0. The molecular formula is C13H26N2O2. The Balaban J connectivity index is 2.68. The maximum Gasteiger partial charge on any atom is 0.410 e. The number of hydrogen-bond donors (Lipinski definition) is 1. The second-order valence-corrected chi connectivity index (χ2v) is 6.56. The molecule has 0 bridgehead atoms. The van der Waals surface area contributed by atoms with Gasteiger partial charge in [-0.2, -0.15) is 0 Å². The number of carbonyl (C=O) groups excluding carboxylic acids is 1. The fourth-order valence-corrected chi connectivity index (χ4v) is 2.34. The molecule has 1 saturated heterocycles. The molecule has 1 atom stereocenters. The highest BCUT2D eigenvalue weighted by molar-refractivity contribution is 5.68. The van der Waals surface area contributed by atoms with Crippen LogP contribution in [0, 0.1) is 5.41 Å². The van der Waals surface area contributed by atoms with Crippen LogP contribution in [0.3, 0.4) is 0 Å². The molecule has 1 unspecified atom stereocenters. The van der Waals surface area contributed by atoms with Gasteiger partial charge in [-0.1, -0.05) is 13.8 Å². The van der Waals surface area contributed by atoms with Crippen LogP contribution in [0.25, 0.3) is 0 Å². The molecule has 1 fully saturated rings. The van der Waals surface area contributed by atoms with E-state index in [1.54, 1.807) is 4.90 Å². The van der Waals surface area contributed by atoms with Gasteiger partial charge in [-0.15, -0.1) is 0 Å². The topological polar surface area (TPSA) is 41.6 Å². The number of nitrogens with zero attached hydrogens (tertiary/aromatic N) is 1. The lowest BCUT2D eigenvalue weighted by atomic mass is 9.79. The van der Waals surface area contributed by atoms with E-state index < -0.39 is 5.60 Å². The van der Waals surface area contributed by atoms with E-state index in [0.717, 1.165) is 19.5 Å². The van der Waals surface area contributed by atoms with Crippen molar-refractivity contribution in [2.45, 2.75) is 52.7 Å². The molecule has 0 aromatic heterocycles. The summed E-state index contributed by atoms with van der Waals surface area (Å²) in [7, 11) is 1.84. The molecule has 1 aliphatic heterocycles. The second kappa shape index (κ2) is 4.84. The van der Waals surface area contributed by atoms with Crippen molar-refractivity contribution >= 4 is 6.09 Å². The van der Waals surface area contributed by atoms with Gasteiger partial charge in [0.1, 0.15) is 5.60 Å². The van der Waals surface area contributed by atoms with E-state index in [1.807, 2.05) is 27.8 Å². The van der Waals surface area contributed by atoms with Crippen LogP contribution in [-0.2, 0) is 4.74 Å². The lowest BCUT2D eigenvalue weighted by Gasteiger charge is -2.44. The van der Waals surface area contributed by atoms with Gasteiger partial charge in [-0.25, -0.2) is 4.79 Å². The minimum absolute atomic E-state index is 0.0872. The Kier molecular flexibility index (Phi) is 4.07. The van der Waals surface area contributed by atoms with Crippen LogP contribution in [0.1, 0.15) is 41.0 Å². The Morgan fingerprint density at radius 2 is 2.00 bits per heavy atom. The van der Waals surface area contributed by atoms with Crippen LogP contribution in [-0.4, -0.2) is 42.8 Å². The first-order chi connectivity index (χ1) is 7.63. The predicted octanol–water partition coefficient (Wildman–Crippen LogP) is 2.24. The zero-order valence-corrected chi connectivity index (χ0v) is 12.0. The third-order valence-electron chi connectivity index (χ3n) is 3.23. The Labute approximate surface area is 105 Å². The fraction of sp³-hybridized carbons (Fsp3) is 0.923. The number of hydrogen-bond acceptors (Lipinski definition) is 3. The van der Waals surface area contributed by atoms with Crippen molar-refractivity contribution < 1.29 is 9.53 Å². The van der Waals surface area contributed by atoms with E-state index in [4.69, 9.17) is 4.74 Å². The molecule has 17 heavy (non-hydrogen) atoms. The number of piperidine rings is 1. The van der Waals surface area contributed by atoms with Gasteiger partial charge in [0.2, 0.25) is 0 Å². The van der Waals surface area contributed by atoms with Gasteiger partial charge < -0.3 is 15.0 Å². The molecule has 1 amide bonds. The lowest BCUT2D eigenvalue weighted by molar-refractivity contribution is 0.00216. The molecule has 1 heterocycles. The van der Waals surface area contributed by atoms with Crippen LogP contribution in [0.5, 0.6) is 0 Å². The summed E-state index contributed by atoms with van der Waals surface area (Å²) in [5, 5.41) is 3.37. The van der Waals surface area contributed by atoms with Crippen molar-refractivity contribution in [2.24, 2.45) is 5.41 Å². The summed E-state index contributed by atoms with van der Waals surface area (Å²) in [5.41, 5.74) is -0.341. The quantitative estimate of drug-likeness (QED) is 0.766. The average Bonchev–Trinajstić information content (AvgIpc) is 2.13. The van der Waals surface area contributed by atoms with Crippen molar-refractivity contribution in [3.05, 3.63) is 0 Å². The molecule has 0 spiro atoms. The van der Waals surface area contributed by atoms with Gasteiger partial charge in [0.15, 0.2) is 0 Å². The molecular weight excluding hydrogens is 216 g/mol. The van der Waals surface area contributed by atoms with E-state index >= 15 is 0 Å². The van der Waals surface area contributed by atoms with Gasteiger partial charge in [-0.05, 0) is 39.2 Å². The Morgan fingerprint density at radius 1 is 1.41 bits per heavy atom. The normalized spacial score (nSPS) is 24.2. The highest BCUT2D eigenvalue weighted by atomic mass is 16.6. The number of nitrogens with one attached hydrogen (secondary N) is 1. The Morgan fingerprint density at radius 3 is 2.47 bits per heavy atom. The third kappa shape index (κ3) is 3.87. The SMILES string of the molecule is CN(C(=O)OC(C)(C)C)C1CCNCC1(C)C. The maximum absolute atomic E-state index is 12.0. The molecule has 0 aromatic rings. The third-order valence-corrected chi connectivity index (χ3v) is 3.23. The molecule has 0 saturated carbocycles. The van der Waals surface area contributed by atoms with Crippen LogP contribution in [0.2, 0.25) is 0 Å². The molecule has 0 aromatic carbocycles. The summed E-state index contributed by atoms with van der Waals surface area (Å²) in [4.78, 5) is 13.8. The van der Waals surface area contributed by atoms with Crippen LogP contribution in [0.15, 0.2) is 0 Å². The van der Waals surface area contributed by atoms with E-state index in [9.17, 15) is 4.79 Å². The highest BCUT2D eigenvalue weighted by Crippen LogP contribution is 2.29. The number of amides is 1. The zero-order valence-electron chi connectivity index (χ0n) is 12.0. The first-order valence-corrected chi connectivity index (χ1v) is 6.30. The molecule has 1 N–H and O–H groups in total. The predicted molar refractivity (Wildman–Crippen MR) is 69.1 cm³/mol. The summed E-state index contributed by atoms with van der Waals surface area (Å²) in [5.74, 6) is 0. The maximum atomic E-state index is 12.0. The van der Waals surface area contributed by atoms with Gasteiger partial charge in [0, 0.05) is 19.6 Å². The molecule has 0 aliphatic carbocycles. The fourth-order valence-electron chi connectivity index (χ4n) is 2.34. The molecule has 1 rings (SSSR count). The first kappa shape index (κ1) is 14.3. The number of ether oxygens (including phenoxy) is 1. The minimum atomic E-state index is -0.428. The van der Waals surface area contributed by atoms with E-state index in [-0.39, 0.29) is 17.6 Å². The van der Waals surface area contributed by atoms with E-state index in [1.165, 1.54) is 0 Å². The first-order valence-electron chi connectivity index (χ1n) is 6.30. The number of carbonyl (C=O) groups is 1. The molecule has 4 nitrogen and oxygen atoms in total. The summed E-state index contributed by atoms with van der Waals surface area (Å²) < 4.78 is 5.41. The van der Waals surface area contributed by atoms with Crippen molar-refractivity contribution in [1.29, 1.82) is 0 Å². The second-order valence-electron chi connectivity index (χ2n) is 6.56. The van der Waals surface area contributed by atoms with Crippen LogP contribution < -0.4 is 5.32 Å². The standard InChI is InChI=1S/C13H26N2O2/c1-12(2,3)17-11(16)15(6)10-7-8-14-9-13(10,4)5/h10,14H,7-9H2,1-6H3. The van der Waals surface area contributed by atoms with Gasteiger partial charge in [0.05, 0.1) is 0 Å². The van der Waals surface area contributed by atoms with Gasteiger partial charge >= 0.3 is 6.09 Å². The lowest BCUT2D eigenvalue weighted by Crippen LogP contribution is -2.55.